The number of anilines is 1. The molecule has 0 unspecified atom stereocenters. The van der Waals surface area contributed by atoms with Crippen LogP contribution >= 0.6 is 0 Å². The number of hydrogen-bond acceptors (Lipinski definition) is 4. The molecule has 144 valence electrons. The first-order chi connectivity index (χ1) is 12.7. The lowest BCUT2D eigenvalue weighted by Crippen LogP contribution is -2.40. The van der Waals surface area contributed by atoms with Crippen LogP contribution < -0.4 is 16.0 Å². The molecule has 7 nitrogen and oxygen atoms in total. The molecule has 1 aliphatic rings. The number of nitrogens with zero attached hydrogens (tertiary/aromatic N) is 2. The van der Waals surface area contributed by atoms with Crippen LogP contribution in [0.25, 0.3) is 0 Å². The molecule has 0 saturated carbocycles. The van der Waals surface area contributed by atoms with Crippen molar-refractivity contribution in [3.05, 3.63) is 47.8 Å². The quantitative estimate of drug-likeness (QED) is 0.768. The van der Waals surface area contributed by atoms with Gasteiger partial charge < -0.3 is 16.0 Å². The molecule has 2 atom stereocenters. The molecule has 3 N–H and O–H groups in total. The average Bonchev–Trinajstić information content (AvgIpc) is 3.22. The largest absolute Gasteiger partial charge is 0.347 e. The second-order valence-corrected chi connectivity index (χ2v) is 8.09. The van der Waals surface area contributed by atoms with Crippen molar-refractivity contribution in [2.24, 2.45) is 13.0 Å². The summed E-state index contributed by atoms with van der Waals surface area (Å²) in [7, 11) is 1.87. The van der Waals surface area contributed by atoms with Crippen LogP contribution in [-0.4, -0.2) is 40.2 Å². The van der Waals surface area contributed by atoms with Crippen LogP contribution in [0.3, 0.4) is 0 Å². The number of rotatable bonds is 4. The van der Waals surface area contributed by atoms with Crippen molar-refractivity contribution in [1.29, 1.82) is 0 Å². The Bertz CT molecular complexity index is 837. The smallest absolute Gasteiger partial charge is 0.251 e. The summed E-state index contributed by atoms with van der Waals surface area (Å²) in [6.45, 7) is 7.17. The van der Waals surface area contributed by atoms with Gasteiger partial charge in [-0.2, -0.15) is 5.10 Å². The Labute approximate surface area is 159 Å². The van der Waals surface area contributed by atoms with Gasteiger partial charge in [0.25, 0.3) is 5.91 Å². The van der Waals surface area contributed by atoms with Gasteiger partial charge in [0.1, 0.15) is 0 Å². The molecular weight excluding hydrogens is 342 g/mol. The maximum Gasteiger partial charge on any atom is 0.251 e. The Morgan fingerprint density at radius 2 is 2.04 bits per heavy atom. The fourth-order valence-corrected chi connectivity index (χ4v) is 3.32. The highest BCUT2D eigenvalue weighted by molar-refractivity contribution is 5.98. The highest BCUT2D eigenvalue weighted by Gasteiger charge is 2.34. The Morgan fingerprint density at radius 1 is 1.26 bits per heavy atom. The third kappa shape index (κ3) is 4.74. The SMILES string of the molecule is Cn1cc([C@H]2CNC[C@@H]2C(=O)Nc2cccc(C(=O)NC(C)(C)C)c2)cn1. The van der Waals surface area contributed by atoms with E-state index in [1.165, 1.54) is 0 Å². The molecule has 0 aliphatic carbocycles. The molecule has 2 amide bonds. The molecule has 0 spiro atoms. The standard InChI is InChI=1S/C20H27N5O2/c1-20(2,3)24-18(26)13-6-5-7-15(8-13)23-19(27)17-11-21-10-16(17)14-9-22-25(4)12-14/h5-9,12,16-17,21H,10-11H2,1-4H3,(H,23,27)(H,24,26)/t16-,17+/m1/s1. The van der Waals surface area contributed by atoms with Gasteiger partial charge in [-0.05, 0) is 44.5 Å². The first-order valence-corrected chi connectivity index (χ1v) is 9.15. The summed E-state index contributed by atoms with van der Waals surface area (Å²) >= 11 is 0. The van der Waals surface area contributed by atoms with Crippen LogP contribution in [0.4, 0.5) is 5.69 Å². The lowest BCUT2D eigenvalue weighted by atomic mass is 9.90. The number of aromatic nitrogens is 2. The number of hydrogen-bond donors (Lipinski definition) is 3. The minimum absolute atomic E-state index is 0.0535. The van der Waals surface area contributed by atoms with Gasteiger partial charge in [0, 0.05) is 49.0 Å². The maximum atomic E-state index is 12.8. The van der Waals surface area contributed by atoms with E-state index in [1.807, 2.05) is 40.2 Å². The Morgan fingerprint density at radius 3 is 2.70 bits per heavy atom. The van der Waals surface area contributed by atoms with E-state index in [0.717, 1.165) is 12.1 Å². The third-order valence-electron chi connectivity index (χ3n) is 4.58. The number of carbonyl (C=O) groups is 2. The zero-order valence-corrected chi connectivity index (χ0v) is 16.2. The monoisotopic (exact) mass is 369 g/mol. The van der Waals surface area contributed by atoms with Gasteiger partial charge in [-0.3, -0.25) is 14.3 Å². The van der Waals surface area contributed by atoms with E-state index in [-0.39, 0.29) is 29.2 Å². The molecule has 7 heteroatoms. The maximum absolute atomic E-state index is 12.8. The molecule has 1 aliphatic heterocycles. The predicted molar refractivity (Wildman–Crippen MR) is 105 cm³/mol. The molecule has 1 saturated heterocycles. The van der Waals surface area contributed by atoms with Crippen molar-refractivity contribution in [2.45, 2.75) is 32.2 Å². The van der Waals surface area contributed by atoms with E-state index in [2.05, 4.69) is 21.0 Å². The van der Waals surface area contributed by atoms with Crippen molar-refractivity contribution in [3.63, 3.8) is 0 Å². The Balaban J connectivity index is 1.70. The average molecular weight is 369 g/mol. The highest BCUT2D eigenvalue weighted by Crippen LogP contribution is 2.29. The normalized spacial score (nSPS) is 19.7. The third-order valence-corrected chi connectivity index (χ3v) is 4.58. The van der Waals surface area contributed by atoms with E-state index >= 15 is 0 Å². The molecule has 2 aromatic rings. The summed E-state index contributed by atoms with van der Waals surface area (Å²) in [5.74, 6) is -0.302. The summed E-state index contributed by atoms with van der Waals surface area (Å²) in [6.07, 6.45) is 3.77. The first-order valence-electron chi connectivity index (χ1n) is 9.15. The van der Waals surface area contributed by atoms with Crippen molar-refractivity contribution in [2.75, 3.05) is 18.4 Å². The molecule has 0 radical (unpaired) electrons. The van der Waals surface area contributed by atoms with Crippen LogP contribution in [0.2, 0.25) is 0 Å². The minimum atomic E-state index is -0.317. The van der Waals surface area contributed by atoms with Crippen molar-refractivity contribution in [3.8, 4) is 0 Å². The Kier molecular flexibility index (Phi) is 5.32. The predicted octanol–water partition coefficient (Wildman–Crippen LogP) is 1.89. The van der Waals surface area contributed by atoms with E-state index in [4.69, 9.17) is 0 Å². The fourth-order valence-electron chi connectivity index (χ4n) is 3.32. The summed E-state index contributed by atoms with van der Waals surface area (Å²) < 4.78 is 1.75. The van der Waals surface area contributed by atoms with Crippen LogP contribution in [0.5, 0.6) is 0 Å². The van der Waals surface area contributed by atoms with Gasteiger partial charge in [0.05, 0.1) is 12.1 Å². The molecular formula is C20H27N5O2. The van der Waals surface area contributed by atoms with Crippen LogP contribution in [-0.2, 0) is 11.8 Å². The van der Waals surface area contributed by atoms with Crippen LogP contribution in [0, 0.1) is 5.92 Å². The second kappa shape index (κ2) is 7.52. The molecule has 1 aromatic heterocycles. The van der Waals surface area contributed by atoms with Gasteiger partial charge in [0.2, 0.25) is 5.91 Å². The lowest BCUT2D eigenvalue weighted by Gasteiger charge is -2.21. The summed E-state index contributed by atoms with van der Waals surface area (Å²) in [6, 6.07) is 7.03. The first kappa shape index (κ1) is 19.1. The zero-order valence-electron chi connectivity index (χ0n) is 16.2. The number of carbonyl (C=O) groups excluding carboxylic acids is 2. The summed E-state index contributed by atoms with van der Waals surface area (Å²) in [5.41, 5.74) is 1.89. The fraction of sp³-hybridized carbons (Fsp3) is 0.450. The van der Waals surface area contributed by atoms with Gasteiger partial charge in [-0.15, -0.1) is 0 Å². The van der Waals surface area contributed by atoms with Crippen molar-refractivity contribution < 1.29 is 9.59 Å². The molecule has 1 fully saturated rings. The van der Waals surface area contributed by atoms with E-state index in [0.29, 0.717) is 17.8 Å². The zero-order chi connectivity index (χ0) is 19.6. The van der Waals surface area contributed by atoms with Crippen molar-refractivity contribution in [1.82, 2.24) is 20.4 Å². The number of nitrogens with one attached hydrogen (secondary N) is 3. The Hall–Kier alpha value is -2.67. The van der Waals surface area contributed by atoms with E-state index in [9.17, 15) is 9.59 Å². The van der Waals surface area contributed by atoms with Gasteiger partial charge >= 0.3 is 0 Å². The number of amides is 2. The van der Waals surface area contributed by atoms with Gasteiger partial charge in [-0.25, -0.2) is 0 Å². The van der Waals surface area contributed by atoms with Gasteiger partial charge in [-0.1, -0.05) is 6.07 Å². The summed E-state index contributed by atoms with van der Waals surface area (Å²) in [5, 5.41) is 13.4. The molecule has 0 bridgehead atoms. The van der Waals surface area contributed by atoms with E-state index in [1.54, 1.807) is 28.9 Å². The molecule has 2 heterocycles. The van der Waals surface area contributed by atoms with Crippen LogP contribution in [0.15, 0.2) is 36.7 Å². The molecule has 27 heavy (non-hydrogen) atoms. The second-order valence-electron chi connectivity index (χ2n) is 8.09. The van der Waals surface area contributed by atoms with E-state index < -0.39 is 0 Å². The lowest BCUT2D eigenvalue weighted by molar-refractivity contribution is -0.119. The summed E-state index contributed by atoms with van der Waals surface area (Å²) in [4.78, 5) is 25.2. The highest BCUT2D eigenvalue weighted by atomic mass is 16.2. The number of benzene rings is 1. The minimum Gasteiger partial charge on any atom is -0.347 e. The van der Waals surface area contributed by atoms with Gasteiger partial charge in [0.15, 0.2) is 0 Å². The topological polar surface area (TPSA) is 88.0 Å². The molecule has 1 aromatic carbocycles. The molecule has 3 rings (SSSR count). The van der Waals surface area contributed by atoms with Crippen molar-refractivity contribution >= 4 is 17.5 Å². The number of aryl methyl sites for hydroxylation is 1. The van der Waals surface area contributed by atoms with Crippen LogP contribution in [0.1, 0.15) is 42.6 Å².